The van der Waals surface area contributed by atoms with Crippen LogP contribution in [0.3, 0.4) is 0 Å². The number of anilines is 1. The second-order valence-corrected chi connectivity index (χ2v) is 9.29. The number of nitrogens with zero attached hydrogens (tertiary/aromatic N) is 4. The number of aromatic nitrogens is 2. The monoisotopic (exact) mass is 465 g/mol. The zero-order valence-electron chi connectivity index (χ0n) is 17.8. The predicted molar refractivity (Wildman–Crippen MR) is 128 cm³/mol. The number of benzene rings is 2. The molecule has 1 fully saturated rings. The van der Waals surface area contributed by atoms with E-state index in [4.69, 9.17) is 31.6 Å². The van der Waals surface area contributed by atoms with Crippen LogP contribution in [0, 0.1) is 11.3 Å². The van der Waals surface area contributed by atoms with Crippen molar-refractivity contribution >= 4 is 40.0 Å². The van der Waals surface area contributed by atoms with Gasteiger partial charge in [0.25, 0.3) is 0 Å². The predicted octanol–water partition coefficient (Wildman–Crippen LogP) is 4.51. The van der Waals surface area contributed by atoms with E-state index in [-0.39, 0.29) is 12.1 Å². The van der Waals surface area contributed by atoms with Crippen molar-refractivity contribution in [2.24, 2.45) is 0 Å². The fourth-order valence-corrected chi connectivity index (χ4v) is 5.31. The van der Waals surface area contributed by atoms with Gasteiger partial charge in [-0.1, -0.05) is 53.7 Å². The summed E-state index contributed by atoms with van der Waals surface area (Å²) in [5, 5.41) is 16.2. The van der Waals surface area contributed by atoms with E-state index < -0.39 is 0 Å². The lowest BCUT2D eigenvalue weighted by atomic mass is 9.94. The van der Waals surface area contributed by atoms with E-state index in [1.165, 1.54) is 0 Å². The number of thioether (sulfide) groups is 1. The summed E-state index contributed by atoms with van der Waals surface area (Å²) in [6.07, 6.45) is 3.05. The van der Waals surface area contributed by atoms with Crippen LogP contribution in [0.5, 0.6) is 0 Å². The smallest absolute Gasteiger partial charge is 0.189 e. The number of piperazine rings is 1. The van der Waals surface area contributed by atoms with Crippen molar-refractivity contribution in [1.29, 1.82) is 5.26 Å². The van der Waals surface area contributed by atoms with Crippen molar-refractivity contribution in [2.75, 3.05) is 30.8 Å². The SMILES string of the molecule is CSc1nc2c(c(N3CCN[C@@H](CC#N)C3)n1)COC(c1cccc3cccc(Cl)c13)C2. The Kier molecular flexibility index (Phi) is 6.20. The first kappa shape index (κ1) is 21.5. The molecule has 2 aliphatic rings. The third-order valence-corrected chi connectivity index (χ3v) is 7.03. The molecule has 164 valence electrons. The average Bonchev–Trinajstić information content (AvgIpc) is 2.83. The Hall–Kier alpha value is -2.37. The lowest BCUT2D eigenvalue weighted by molar-refractivity contribution is 0.0266. The Balaban J connectivity index is 1.51. The number of ether oxygens (including phenoxy) is 1. The van der Waals surface area contributed by atoms with E-state index in [1.807, 2.05) is 18.4 Å². The molecule has 6 nitrogen and oxygen atoms in total. The molecule has 1 N–H and O–H groups in total. The summed E-state index contributed by atoms with van der Waals surface area (Å²) in [6.45, 7) is 2.89. The van der Waals surface area contributed by atoms with Gasteiger partial charge in [-0.05, 0) is 23.3 Å². The number of fused-ring (bicyclic) bond motifs is 2. The Morgan fingerprint density at radius 3 is 2.94 bits per heavy atom. The molecule has 0 aliphatic carbocycles. The lowest BCUT2D eigenvalue weighted by Gasteiger charge is -2.36. The van der Waals surface area contributed by atoms with Gasteiger partial charge < -0.3 is 15.0 Å². The normalized spacial score (nSPS) is 20.7. The van der Waals surface area contributed by atoms with Crippen LogP contribution in [-0.4, -0.2) is 41.9 Å². The topological polar surface area (TPSA) is 74.1 Å². The maximum absolute atomic E-state index is 9.11. The molecule has 0 spiro atoms. The molecule has 0 bridgehead atoms. The van der Waals surface area contributed by atoms with E-state index in [0.29, 0.717) is 19.4 Å². The van der Waals surface area contributed by atoms with Crippen LogP contribution in [0.25, 0.3) is 10.8 Å². The molecule has 0 amide bonds. The third kappa shape index (κ3) is 4.04. The molecule has 32 heavy (non-hydrogen) atoms. The number of hydrogen-bond acceptors (Lipinski definition) is 7. The first-order valence-corrected chi connectivity index (χ1v) is 12.4. The van der Waals surface area contributed by atoms with E-state index in [2.05, 4.69) is 40.6 Å². The second kappa shape index (κ2) is 9.24. The van der Waals surface area contributed by atoms with Crippen LogP contribution >= 0.6 is 23.4 Å². The molecule has 0 saturated carbocycles. The standard InChI is InChI=1S/C24H24ClN5OS/c1-32-24-28-20-12-21(17-6-2-4-15-5-3-7-19(25)22(15)17)31-14-18(20)23(29-24)30-11-10-27-16(13-30)8-9-26/h2-7,16,21,27H,8,10-14H2,1H3/t16-,21?/m0/s1. The van der Waals surface area contributed by atoms with Crippen molar-refractivity contribution in [3.63, 3.8) is 0 Å². The molecule has 1 unspecified atom stereocenters. The number of hydrogen-bond donors (Lipinski definition) is 1. The Morgan fingerprint density at radius 2 is 2.12 bits per heavy atom. The highest BCUT2D eigenvalue weighted by molar-refractivity contribution is 7.98. The zero-order chi connectivity index (χ0) is 22.1. The van der Waals surface area contributed by atoms with Gasteiger partial charge in [-0.3, -0.25) is 0 Å². The number of nitrogens with one attached hydrogen (secondary N) is 1. The molecule has 1 saturated heterocycles. The van der Waals surface area contributed by atoms with E-state index >= 15 is 0 Å². The summed E-state index contributed by atoms with van der Waals surface area (Å²) in [5.74, 6) is 0.943. The molecular formula is C24H24ClN5OS. The van der Waals surface area contributed by atoms with Gasteiger partial charge in [0.05, 0.1) is 30.9 Å². The Labute approximate surface area is 196 Å². The van der Waals surface area contributed by atoms with Gasteiger partial charge in [0, 0.05) is 48.1 Å². The molecular weight excluding hydrogens is 442 g/mol. The van der Waals surface area contributed by atoms with Gasteiger partial charge in [0.1, 0.15) is 5.82 Å². The van der Waals surface area contributed by atoms with Gasteiger partial charge >= 0.3 is 0 Å². The van der Waals surface area contributed by atoms with Gasteiger partial charge in [-0.15, -0.1) is 0 Å². The fraction of sp³-hybridized carbons (Fsp3) is 0.375. The summed E-state index contributed by atoms with van der Waals surface area (Å²) in [6, 6.07) is 14.6. The van der Waals surface area contributed by atoms with Gasteiger partial charge in [-0.25, -0.2) is 9.97 Å². The molecule has 8 heteroatoms. The molecule has 1 aromatic heterocycles. The highest BCUT2D eigenvalue weighted by atomic mass is 35.5. The van der Waals surface area contributed by atoms with Gasteiger partial charge in [-0.2, -0.15) is 5.26 Å². The largest absolute Gasteiger partial charge is 0.368 e. The maximum atomic E-state index is 9.11. The first-order chi connectivity index (χ1) is 15.7. The fourth-order valence-electron chi connectivity index (χ4n) is 4.64. The van der Waals surface area contributed by atoms with Crippen molar-refractivity contribution in [1.82, 2.24) is 15.3 Å². The Morgan fingerprint density at radius 1 is 1.28 bits per heavy atom. The maximum Gasteiger partial charge on any atom is 0.189 e. The quantitative estimate of drug-likeness (QED) is 0.448. The molecule has 0 radical (unpaired) electrons. The number of rotatable bonds is 4. The minimum Gasteiger partial charge on any atom is -0.368 e. The second-order valence-electron chi connectivity index (χ2n) is 8.11. The molecule has 5 rings (SSSR count). The van der Waals surface area contributed by atoms with Crippen molar-refractivity contribution in [3.8, 4) is 6.07 Å². The molecule has 3 aromatic rings. The average molecular weight is 466 g/mol. The van der Waals surface area contributed by atoms with Crippen LogP contribution in [0.15, 0.2) is 41.6 Å². The summed E-state index contributed by atoms with van der Waals surface area (Å²) in [4.78, 5) is 12.0. The number of nitriles is 1. The lowest BCUT2D eigenvalue weighted by Crippen LogP contribution is -2.51. The van der Waals surface area contributed by atoms with E-state index in [9.17, 15) is 0 Å². The summed E-state index contributed by atoms with van der Waals surface area (Å²) in [7, 11) is 0. The highest BCUT2D eigenvalue weighted by Crippen LogP contribution is 2.39. The van der Waals surface area contributed by atoms with Crippen molar-refractivity contribution < 1.29 is 4.74 Å². The van der Waals surface area contributed by atoms with Crippen LogP contribution in [0.4, 0.5) is 5.82 Å². The third-order valence-electron chi connectivity index (χ3n) is 6.17. The molecule has 2 aromatic carbocycles. The van der Waals surface area contributed by atoms with Crippen molar-refractivity contribution in [2.45, 2.75) is 36.8 Å². The van der Waals surface area contributed by atoms with E-state index in [1.54, 1.807) is 11.8 Å². The summed E-state index contributed by atoms with van der Waals surface area (Å²) >= 11 is 8.13. The van der Waals surface area contributed by atoms with Crippen molar-refractivity contribution in [3.05, 3.63) is 58.2 Å². The minimum atomic E-state index is -0.113. The van der Waals surface area contributed by atoms with Crippen LogP contribution in [0.2, 0.25) is 5.02 Å². The van der Waals surface area contributed by atoms with Gasteiger partial charge in [0.2, 0.25) is 0 Å². The molecule has 2 atom stereocenters. The number of halogens is 1. The van der Waals surface area contributed by atoms with Crippen LogP contribution in [0.1, 0.15) is 29.3 Å². The first-order valence-electron chi connectivity index (χ1n) is 10.8. The zero-order valence-corrected chi connectivity index (χ0v) is 19.4. The van der Waals surface area contributed by atoms with E-state index in [0.717, 1.165) is 63.2 Å². The Bertz CT molecular complexity index is 1190. The summed E-state index contributed by atoms with van der Waals surface area (Å²) < 4.78 is 6.39. The molecule has 3 heterocycles. The van der Waals surface area contributed by atoms with Crippen LogP contribution < -0.4 is 10.2 Å². The minimum absolute atomic E-state index is 0.113. The van der Waals surface area contributed by atoms with Crippen LogP contribution in [-0.2, 0) is 17.8 Å². The molecule has 2 aliphatic heterocycles. The highest BCUT2D eigenvalue weighted by Gasteiger charge is 2.30. The van der Waals surface area contributed by atoms with Gasteiger partial charge in [0.15, 0.2) is 5.16 Å². The summed E-state index contributed by atoms with van der Waals surface area (Å²) in [5.41, 5.74) is 3.19.